The van der Waals surface area contributed by atoms with Crippen LogP contribution in [0, 0.1) is 0 Å². The smallest absolute Gasteiger partial charge is 0.0697 e. The molecule has 0 aromatic rings. The average molecular weight is 214 g/mol. The maximum absolute atomic E-state index is 10.1. The SMILES string of the molecule is COC1CC(O)(CCCC2CCCO2)C1. The van der Waals surface area contributed by atoms with E-state index in [1.54, 1.807) is 7.11 Å². The number of hydrogen-bond donors (Lipinski definition) is 1. The second-order valence-corrected chi connectivity index (χ2v) is 5.02. The Morgan fingerprint density at radius 2 is 2.27 bits per heavy atom. The fourth-order valence-electron chi connectivity index (χ4n) is 2.69. The summed E-state index contributed by atoms with van der Waals surface area (Å²) in [4.78, 5) is 0. The largest absolute Gasteiger partial charge is 0.390 e. The first-order valence-electron chi connectivity index (χ1n) is 6.09. The molecule has 15 heavy (non-hydrogen) atoms. The van der Waals surface area contributed by atoms with Crippen molar-refractivity contribution < 1.29 is 14.6 Å². The van der Waals surface area contributed by atoms with Gasteiger partial charge in [0.05, 0.1) is 17.8 Å². The molecule has 1 aliphatic heterocycles. The van der Waals surface area contributed by atoms with Crippen LogP contribution in [0.25, 0.3) is 0 Å². The molecular weight excluding hydrogens is 192 g/mol. The maximum Gasteiger partial charge on any atom is 0.0697 e. The van der Waals surface area contributed by atoms with Crippen molar-refractivity contribution in [2.24, 2.45) is 0 Å². The first kappa shape index (κ1) is 11.4. The van der Waals surface area contributed by atoms with Gasteiger partial charge in [0.2, 0.25) is 0 Å². The zero-order valence-corrected chi connectivity index (χ0v) is 9.58. The van der Waals surface area contributed by atoms with Crippen molar-refractivity contribution in [1.29, 1.82) is 0 Å². The summed E-state index contributed by atoms with van der Waals surface area (Å²) < 4.78 is 10.7. The van der Waals surface area contributed by atoms with Gasteiger partial charge in [0.1, 0.15) is 0 Å². The minimum atomic E-state index is -0.431. The molecule has 0 spiro atoms. The van der Waals surface area contributed by atoms with Crippen LogP contribution in [0.5, 0.6) is 0 Å². The lowest BCUT2D eigenvalue weighted by Gasteiger charge is -2.43. The number of aliphatic hydroxyl groups is 1. The summed E-state index contributed by atoms with van der Waals surface area (Å²) in [6, 6.07) is 0. The Bertz CT molecular complexity index is 193. The van der Waals surface area contributed by atoms with E-state index in [2.05, 4.69) is 0 Å². The molecule has 2 aliphatic rings. The van der Waals surface area contributed by atoms with E-state index in [9.17, 15) is 5.11 Å². The van der Waals surface area contributed by atoms with Crippen molar-refractivity contribution >= 4 is 0 Å². The highest BCUT2D eigenvalue weighted by Crippen LogP contribution is 2.38. The van der Waals surface area contributed by atoms with Gasteiger partial charge in [-0.25, -0.2) is 0 Å². The van der Waals surface area contributed by atoms with Gasteiger partial charge in [-0.05, 0) is 32.1 Å². The summed E-state index contributed by atoms with van der Waals surface area (Å²) in [5.41, 5.74) is -0.431. The normalized spacial score (nSPS) is 40.4. The van der Waals surface area contributed by atoms with Crippen molar-refractivity contribution in [3.8, 4) is 0 Å². The molecule has 88 valence electrons. The van der Waals surface area contributed by atoms with E-state index in [1.165, 1.54) is 12.8 Å². The summed E-state index contributed by atoms with van der Waals surface area (Å²) in [5.74, 6) is 0. The van der Waals surface area contributed by atoms with Crippen LogP contribution < -0.4 is 0 Å². The molecule has 0 aromatic heterocycles. The molecule has 1 atom stereocenters. The van der Waals surface area contributed by atoms with E-state index in [-0.39, 0.29) is 6.10 Å². The van der Waals surface area contributed by atoms with Gasteiger partial charge in [-0.3, -0.25) is 0 Å². The van der Waals surface area contributed by atoms with E-state index in [4.69, 9.17) is 9.47 Å². The summed E-state index contributed by atoms with van der Waals surface area (Å²) in [5, 5.41) is 10.1. The quantitative estimate of drug-likeness (QED) is 0.759. The van der Waals surface area contributed by atoms with Gasteiger partial charge in [0.15, 0.2) is 0 Å². The number of ether oxygens (including phenoxy) is 2. The van der Waals surface area contributed by atoms with Gasteiger partial charge in [0, 0.05) is 26.6 Å². The van der Waals surface area contributed by atoms with E-state index < -0.39 is 5.60 Å². The molecule has 0 amide bonds. The summed E-state index contributed by atoms with van der Waals surface area (Å²) in [7, 11) is 1.72. The van der Waals surface area contributed by atoms with Crippen molar-refractivity contribution in [2.75, 3.05) is 13.7 Å². The predicted molar refractivity (Wildman–Crippen MR) is 57.8 cm³/mol. The minimum absolute atomic E-state index is 0.290. The first-order chi connectivity index (χ1) is 7.22. The average Bonchev–Trinajstić information content (AvgIpc) is 2.66. The van der Waals surface area contributed by atoms with Gasteiger partial charge in [-0.2, -0.15) is 0 Å². The lowest BCUT2D eigenvalue weighted by molar-refractivity contribution is -0.132. The molecule has 1 saturated heterocycles. The number of hydrogen-bond acceptors (Lipinski definition) is 3. The van der Waals surface area contributed by atoms with Crippen molar-refractivity contribution in [1.82, 2.24) is 0 Å². The predicted octanol–water partition coefficient (Wildman–Crippen LogP) is 1.88. The van der Waals surface area contributed by atoms with Crippen LogP contribution >= 0.6 is 0 Å². The fraction of sp³-hybridized carbons (Fsp3) is 1.00. The topological polar surface area (TPSA) is 38.7 Å². The Morgan fingerprint density at radius 3 is 2.87 bits per heavy atom. The van der Waals surface area contributed by atoms with E-state index >= 15 is 0 Å². The Hall–Kier alpha value is -0.120. The molecule has 0 aromatic carbocycles. The van der Waals surface area contributed by atoms with E-state index in [0.717, 1.165) is 38.7 Å². The van der Waals surface area contributed by atoms with E-state index in [1.807, 2.05) is 0 Å². The highest BCUT2D eigenvalue weighted by Gasteiger charge is 2.42. The zero-order chi connectivity index (χ0) is 10.7. The molecule has 1 unspecified atom stereocenters. The highest BCUT2D eigenvalue weighted by atomic mass is 16.5. The molecule has 0 radical (unpaired) electrons. The van der Waals surface area contributed by atoms with Crippen LogP contribution in [-0.4, -0.2) is 36.6 Å². The van der Waals surface area contributed by atoms with Crippen molar-refractivity contribution in [3.05, 3.63) is 0 Å². The van der Waals surface area contributed by atoms with Crippen LogP contribution in [0.3, 0.4) is 0 Å². The van der Waals surface area contributed by atoms with Crippen LogP contribution in [0.4, 0.5) is 0 Å². The summed E-state index contributed by atoms with van der Waals surface area (Å²) in [6.45, 7) is 0.931. The second-order valence-electron chi connectivity index (χ2n) is 5.02. The van der Waals surface area contributed by atoms with Gasteiger partial charge in [-0.1, -0.05) is 0 Å². The van der Waals surface area contributed by atoms with Gasteiger partial charge in [0.25, 0.3) is 0 Å². The molecule has 1 aliphatic carbocycles. The first-order valence-corrected chi connectivity index (χ1v) is 6.09. The van der Waals surface area contributed by atoms with Crippen LogP contribution in [0.15, 0.2) is 0 Å². The molecule has 1 N–H and O–H groups in total. The summed E-state index contributed by atoms with van der Waals surface area (Å²) in [6.07, 6.45) is 7.90. The standard InChI is InChI=1S/C12H22O3/c1-14-11-8-12(13,9-11)6-2-4-10-5-3-7-15-10/h10-11,13H,2-9H2,1H3. The van der Waals surface area contributed by atoms with Crippen LogP contribution in [0.1, 0.15) is 44.9 Å². The van der Waals surface area contributed by atoms with Gasteiger partial charge >= 0.3 is 0 Å². The molecule has 1 saturated carbocycles. The summed E-state index contributed by atoms with van der Waals surface area (Å²) >= 11 is 0. The molecule has 3 heteroatoms. The molecule has 2 rings (SSSR count). The van der Waals surface area contributed by atoms with Crippen molar-refractivity contribution in [2.45, 2.75) is 62.8 Å². The number of methoxy groups -OCH3 is 1. The Kier molecular flexibility index (Phi) is 3.65. The monoisotopic (exact) mass is 214 g/mol. The third-order valence-electron chi connectivity index (χ3n) is 3.74. The lowest BCUT2D eigenvalue weighted by Crippen LogP contribution is -2.47. The molecule has 2 fully saturated rings. The third kappa shape index (κ3) is 2.92. The van der Waals surface area contributed by atoms with Crippen molar-refractivity contribution in [3.63, 3.8) is 0 Å². The fourth-order valence-corrected chi connectivity index (χ4v) is 2.69. The van der Waals surface area contributed by atoms with Gasteiger partial charge in [-0.15, -0.1) is 0 Å². The number of rotatable bonds is 5. The highest BCUT2D eigenvalue weighted by molar-refractivity contribution is 4.94. The molecular formula is C12H22O3. The molecule has 3 nitrogen and oxygen atoms in total. The van der Waals surface area contributed by atoms with Gasteiger partial charge < -0.3 is 14.6 Å². The lowest BCUT2D eigenvalue weighted by atomic mass is 9.74. The molecule has 1 heterocycles. The second kappa shape index (κ2) is 4.81. The Morgan fingerprint density at radius 1 is 1.47 bits per heavy atom. The Labute approximate surface area is 91.8 Å². The maximum atomic E-state index is 10.1. The minimum Gasteiger partial charge on any atom is -0.390 e. The zero-order valence-electron chi connectivity index (χ0n) is 9.58. The van der Waals surface area contributed by atoms with Crippen LogP contribution in [0.2, 0.25) is 0 Å². The third-order valence-corrected chi connectivity index (χ3v) is 3.74. The van der Waals surface area contributed by atoms with E-state index in [0.29, 0.717) is 6.10 Å². The Balaban J connectivity index is 1.57. The van der Waals surface area contributed by atoms with Crippen LogP contribution in [-0.2, 0) is 9.47 Å². The molecule has 0 bridgehead atoms.